The maximum absolute atomic E-state index is 11.1. The van der Waals surface area contributed by atoms with Crippen LogP contribution in [0.15, 0.2) is 30.3 Å². The summed E-state index contributed by atoms with van der Waals surface area (Å²) in [6.45, 7) is 0. The van der Waals surface area contributed by atoms with E-state index in [1.165, 1.54) is 24.3 Å². The zero-order valence-corrected chi connectivity index (χ0v) is 11.6. The zero-order chi connectivity index (χ0) is 15.6. The molecule has 21 heavy (non-hydrogen) atoms. The molecule has 0 amide bonds. The molecule has 1 heterocycles. The van der Waals surface area contributed by atoms with Crippen molar-refractivity contribution in [3.63, 3.8) is 0 Å². The van der Waals surface area contributed by atoms with Gasteiger partial charge in [0.15, 0.2) is 0 Å². The van der Waals surface area contributed by atoms with E-state index in [0.717, 1.165) is 6.07 Å². The van der Waals surface area contributed by atoms with E-state index in [1.54, 1.807) is 0 Å². The van der Waals surface area contributed by atoms with Gasteiger partial charge in [0.1, 0.15) is 10.7 Å². The monoisotopic (exact) mass is 328 g/mol. The van der Waals surface area contributed by atoms with Crippen LogP contribution in [-0.4, -0.2) is 21.0 Å². The number of nitro benzene ring substituents is 1. The Balaban J connectivity index is 2.50. The molecule has 1 aromatic carbocycles. The third kappa shape index (κ3) is 3.39. The summed E-state index contributed by atoms with van der Waals surface area (Å²) in [6, 6.07) is 6.16. The number of pyridine rings is 1. The second-order valence-corrected chi connectivity index (χ2v) is 4.59. The molecule has 0 fully saturated rings. The van der Waals surface area contributed by atoms with Crippen molar-refractivity contribution in [2.24, 2.45) is 0 Å². The summed E-state index contributed by atoms with van der Waals surface area (Å²) in [6.07, 6.45) is 0. The van der Waals surface area contributed by atoms with Gasteiger partial charge < -0.3 is 9.84 Å². The molecule has 0 atom stereocenters. The molecule has 0 radical (unpaired) electrons. The molecule has 9 heteroatoms. The summed E-state index contributed by atoms with van der Waals surface area (Å²) in [5, 5.41) is 20.1. The molecule has 2 rings (SSSR count). The Kier molecular flexibility index (Phi) is 4.25. The fourth-order valence-corrected chi connectivity index (χ4v) is 1.79. The van der Waals surface area contributed by atoms with Crippen molar-refractivity contribution in [1.82, 2.24) is 4.98 Å². The first-order valence-corrected chi connectivity index (χ1v) is 6.15. The van der Waals surface area contributed by atoms with Crippen LogP contribution in [0.5, 0.6) is 11.6 Å². The highest BCUT2D eigenvalue weighted by molar-refractivity contribution is 6.30. The highest BCUT2D eigenvalue weighted by atomic mass is 35.5. The van der Waals surface area contributed by atoms with Crippen LogP contribution in [-0.2, 0) is 0 Å². The molecular formula is C12H6Cl2N2O5. The molecule has 0 bridgehead atoms. The number of carboxylic acid groups (broad SMARTS) is 1. The average Bonchev–Trinajstić information content (AvgIpc) is 2.40. The average molecular weight is 329 g/mol. The lowest BCUT2D eigenvalue weighted by atomic mass is 10.2. The second-order valence-electron chi connectivity index (χ2n) is 3.76. The van der Waals surface area contributed by atoms with E-state index < -0.39 is 16.6 Å². The Morgan fingerprint density at radius 2 is 2.00 bits per heavy atom. The van der Waals surface area contributed by atoms with E-state index in [1.807, 2.05) is 0 Å². The molecular weight excluding hydrogens is 323 g/mol. The third-order valence-electron chi connectivity index (χ3n) is 2.38. The van der Waals surface area contributed by atoms with Crippen LogP contribution in [0.25, 0.3) is 0 Å². The smallest absolute Gasteiger partial charge is 0.341 e. The van der Waals surface area contributed by atoms with E-state index in [9.17, 15) is 14.9 Å². The van der Waals surface area contributed by atoms with Gasteiger partial charge >= 0.3 is 11.7 Å². The molecule has 0 aliphatic rings. The van der Waals surface area contributed by atoms with Gasteiger partial charge in [-0.2, -0.15) is 0 Å². The van der Waals surface area contributed by atoms with Crippen molar-refractivity contribution < 1.29 is 19.6 Å². The number of hydrogen-bond donors (Lipinski definition) is 1. The molecule has 0 saturated heterocycles. The quantitative estimate of drug-likeness (QED) is 0.520. The zero-order valence-electron chi connectivity index (χ0n) is 10.1. The fourth-order valence-electron chi connectivity index (χ4n) is 1.48. The minimum absolute atomic E-state index is 0.00776. The second kappa shape index (κ2) is 5.94. The summed E-state index contributed by atoms with van der Waals surface area (Å²) in [4.78, 5) is 25.0. The molecule has 108 valence electrons. The fraction of sp³-hybridized carbons (Fsp3) is 0. The van der Waals surface area contributed by atoms with Gasteiger partial charge in [0, 0.05) is 11.1 Å². The maximum Gasteiger partial charge on any atom is 0.341 e. The van der Waals surface area contributed by atoms with E-state index in [-0.39, 0.29) is 27.4 Å². The molecule has 0 unspecified atom stereocenters. The number of halogens is 2. The summed E-state index contributed by atoms with van der Waals surface area (Å²) in [7, 11) is 0. The van der Waals surface area contributed by atoms with Gasteiger partial charge in [-0.05, 0) is 24.3 Å². The Morgan fingerprint density at radius 3 is 2.62 bits per heavy atom. The summed E-state index contributed by atoms with van der Waals surface area (Å²) in [5.41, 5.74) is -0.690. The topological polar surface area (TPSA) is 103 Å². The van der Waals surface area contributed by atoms with Crippen LogP contribution in [0.2, 0.25) is 10.2 Å². The number of carboxylic acids is 1. The van der Waals surface area contributed by atoms with Crippen molar-refractivity contribution in [2.75, 3.05) is 0 Å². The lowest BCUT2D eigenvalue weighted by Gasteiger charge is -2.08. The van der Waals surface area contributed by atoms with E-state index >= 15 is 0 Å². The van der Waals surface area contributed by atoms with Crippen LogP contribution in [0.3, 0.4) is 0 Å². The lowest BCUT2D eigenvalue weighted by molar-refractivity contribution is -0.385. The normalized spacial score (nSPS) is 10.2. The number of nitrogens with zero attached hydrogens (tertiary/aromatic N) is 2. The van der Waals surface area contributed by atoms with Gasteiger partial charge in [-0.25, -0.2) is 9.78 Å². The summed E-state index contributed by atoms with van der Waals surface area (Å²) < 4.78 is 5.22. The summed E-state index contributed by atoms with van der Waals surface area (Å²) >= 11 is 11.4. The molecule has 0 aliphatic carbocycles. The standard InChI is InChI=1S/C12H6Cl2N2O5/c13-6-1-3-9(8(5-6)16(19)20)21-11-7(12(17)18)2-4-10(14)15-11/h1-5H,(H,17,18). The highest BCUT2D eigenvalue weighted by Gasteiger charge is 2.20. The maximum atomic E-state index is 11.1. The SMILES string of the molecule is O=C(O)c1ccc(Cl)nc1Oc1ccc(Cl)cc1[N+](=O)[O-]. The Hall–Kier alpha value is -2.38. The Labute approximate surface area is 127 Å². The number of hydrogen-bond acceptors (Lipinski definition) is 5. The van der Waals surface area contributed by atoms with Crippen LogP contribution in [0, 0.1) is 10.1 Å². The van der Waals surface area contributed by atoms with Crippen molar-refractivity contribution in [1.29, 1.82) is 0 Å². The lowest BCUT2D eigenvalue weighted by Crippen LogP contribution is -2.03. The van der Waals surface area contributed by atoms with Gasteiger partial charge in [0.2, 0.25) is 11.6 Å². The molecule has 7 nitrogen and oxygen atoms in total. The number of aromatic carboxylic acids is 1. The number of carbonyl (C=O) groups is 1. The van der Waals surface area contributed by atoms with Crippen LogP contribution in [0.1, 0.15) is 10.4 Å². The van der Waals surface area contributed by atoms with Gasteiger partial charge in [-0.3, -0.25) is 10.1 Å². The minimum atomic E-state index is -1.30. The third-order valence-corrected chi connectivity index (χ3v) is 2.83. The van der Waals surface area contributed by atoms with Gasteiger partial charge in [0.25, 0.3) is 0 Å². The Bertz CT molecular complexity index is 736. The van der Waals surface area contributed by atoms with Crippen molar-refractivity contribution in [3.8, 4) is 11.6 Å². The Morgan fingerprint density at radius 1 is 1.29 bits per heavy atom. The molecule has 1 aromatic heterocycles. The minimum Gasteiger partial charge on any atom is -0.477 e. The van der Waals surface area contributed by atoms with E-state index in [0.29, 0.717) is 0 Å². The molecule has 2 aromatic rings. The number of ether oxygens (including phenoxy) is 1. The predicted octanol–water partition coefficient (Wildman–Crippen LogP) is 3.79. The number of aromatic nitrogens is 1. The van der Waals surface area contributed by atoms with Gasteiger partial charge in [-0.15, -0.1) is 0 Å². The highest BCUT2D eigenvalue weighted by Crippen LogP contribution is 2.34. The van der Waals surface area contributed by atoms with E-state index in [2.05, 4.69) is 4.98 Å². The molecule has 0 aliphatic heterocycles. The summed E-state index contributed by atoms with van der Waals surface area (Å²) in [5.74, 6) is -1.84. The number of nitro groups is 1. The number of rotatable bonds is 4. The van der Waals surface area contributed by atoms with E-state index in [4.69, 9.17) is 33.0 Å². The first-order valence-electron chi connectivity index (χ1n) is 5.40. The van der Waals surface area contributed by atoms with Crippen molar-refractivity contribution in [2.45, 2.75) is 0 Å². The molecule has 1 N–H and O–H groups in total. The molecule has 0 saturated carbocycles. The van der Waals surface area contributed by atoms with Crippen molar-refractivity contribution in [3.05, 3.63) is 56.2 Å². The predicted molar refractivity (Wildman–Crippen MR) is 74.4 cm³/mol. The van der Waals surface area contributed by atoms with Gasteiger partial charge in [0.05, 0.1) is 4.92 Å². The van der Waals surface area contributed by atoms with Crippen molar-refractivity contribution >= 4 is 34.9 Å². The largest absolute Gasteiger partial charge is 0.477 e. The van der Waals surface area contributed by atoms with Crippen LogP contribution >= 0.6 is 23.2 Å². The molecule has 0 spiro atoms. The van der Waals surface area contributed by atoms with Crippen LogP contribution in [0.4, 0.5) is 5.69 Å². The first kappa shape index (κ1) is 15.0. The van der Waals surface area contributed by atoms with Gasteiger partial charge in [-0.1, -0.05) is 23.2 Å². The number of benzene rings is 1. The first-order chi connectivity index (χ1) is 9.88. The van der Waals surface area contributed by atoms with Crippen LogP contribution < -0.4 is 4.74 Å².